The number of methoxy groups -OCH3 is 1. The summed E-state index contributed by atoms with van der Waals surface area (Å²) < 4.78 is 23.8. The van der Waals surface area contributed by atoms with Crippen molar-refractivity contribution in [1.29, 1.82) is 0 Å². The number of ether oxygens (including phenoxy) is 4. The highest BCUT2D eigenvalue weighted by atomic mass is 16.6. The van der Waals surface area contributed by atoms with Gasteiger partial charge in [0.05, 0.1) is 25.4 Å². The second-order valence-electron chi connectivity index (χ2n) is 13.7. The van der Waals surface area contributed by atoms with Crippen LogP contribution in [-0.2, 0) is 20.7 Å². The van der Waals surface area contributed by atoms with E-state index in [1.165, 1.54) is 65.0 Å². The number of aromatic hydroxyl groups is 3. The van der Waals surface area contributed by atoms with Crippen LogP contribution >= 0.6 is 0 Å². The first kappa shape index (κ1) is 29.9. The molecule has 0 radical (unpaired) electrons. The van der Waals surface area contributed by atoms with Gasteiger partial charge in [-0.3, -0.25) is 4.79 Å². The smallest absolute Gasteiger partial charge is 0.302 e. The van der Waals surface area contributed by atoms with Crippen LogP contribution in [0.4, 0.5) is 0 Å². The van der Waals surface area contributed by atoms with Gasteiger partial charge >= 0.3 is 5.97 Å². The van der Waals surface area contributed by atoms with Crippen molar-refractivity contribution in [3.8, 4) is 28.7 Å². The Labute approximate surface area is 254 Å². The van der Waals surface area contributed by atoms with Gasteiger partial charge in [-0.25, -0.2) is 0 Å². The molecule has 2 spiro atoms. The summed E-state index contributed by atoms with van der Waals surface area (Å²) in [4.78, 5) is 11.9. The van der Waals surface area contributed by atoms with Gasteiger partial charge in [0.25, 0.3) is 0 Å². The maximum atomic E-state index is 11.9. The van der Waals surface area contributed by atoms with E-state index < -0.39 is 6.10 Å². The van der Waals surface area contributed by atoms with E-state index in [9.17, 15) is 20.1 Å². The van der Waals surface area contributed by atoms with Crippen LogP contribution in [0, 0.1) is 10.8 Å². The third-order valence-corrected chi connectivity index (χ3v) is 10.7. The molecule has 1 aliphatic heterocycles. The molecular weight excluding hydrogens is 548 g/mol. The van der Waals surface area contributed by atoms with Crippen LogP contribution in [0.2, 0.25) is 0 Å². The van der Waals surface area contributed by atoms with Crippen LogP contribution in [0.1, 0.15) is 108 Å². The third-order valence-electron chi connectivity index (χ3n) is 10.7. The van der Waals surface area contributed by atoms with Gasteiger partial charge in [-0.15, -0.1) is 0 Å². The molecule has 5 atom stereocenters. The summed E-state index contributed by atoms with van der Waals surface area (Å²) in [6.45, 7) is 1.41. The van der Waals surface area contributed by atoms with E-state index in [0.717, 1.165) is 24.8 Å². The molecule has 1 saturated heterocycles. The van der Waals surface area contributed by atoms with E-state index in [2.05, 4.69) is 0 Å². The zero-order valence-electron chi connectivity index (χ0n) is 25.5. The first-order valence-electron chi connectivity index (χ1n) is 16.1. The van der Waals surface area contributed by atoms with Crippen LogP contribution in [0.3, 0.4) is 0 Å². The minimum Gasteiger partial charge on any atom is -0.504 e. The molecular formula is C35H46O8. The Morgan fingerprint density at radius 1 is 0.930 bits per heavy atom. The highest BCUT2D eigenvalue weighted by molar-refractivity contribution is 5.66. The number of benzene rings is 2. The van der Waals surface area contributed by atoms with E-state index in [1.807, 2.05) is 12.1 Å². The number of aryl methyl sites for hydroxylation is 1. The fraction of sp³-hybridized carbons (Fsp3) is 0.629. The van der Waals surface area contributed by atoms with Gasteiger partial charge in [-0.05, 0) is 110 Å². The minimum atomic E-state index is -0.446. The molecule has 8 nitrogen and oxygen atoms in total. The summed E-state index contributed by atoms with van der Waals surface area (Å²) in [5.41, 5.74) is 2.59. The van der Waals surface area contributed by atoms with Crippen molar-refractivity contribution < 1.29 is 39.1 Å². The van der Waals surface area contributed by atoms with Gasteiger partial charge in [0.15, 0.2) is 23.0 Å². The largest absolute Gasteiger partial charge is 0.504 e. The number of rotatable bonds is 8. The summed E-state index contributed by atoms with van der Waals surface area (Å²) in [5, 5.41) is 31.5. The summed E-state index contributed by atoms with van der Waals surface area (Å²) in [7, 11) is 1.52. The third kappa shape index (κ3) is 6.54. The second-order valence-corrected chi connectivity index (χ2v) is 13.7. The summed E-state index contributed by atoms with van der Waals surface area (Å²) in [6, 6.07) is 8.60. The Bertz CT molecular complexity index is 1320. The van der Waals surface area contributed by atoms with Crippen molar-refractivity contribution in [3.63, 3.8) is 0 Å². The lowest BCUT2D eigenvalue weighted by molar-refractivity contribution is -0.160. The fourth-order valence-corrected chi connectivity index (χ4v) is 8.67. The van der Waals surface area contributed by atoms with Gasteiger partial charge in [-0.2, -0.15) is 0 Å². The SMILES string of the molecule is COc1cc(CCC2CC(OC(C)=O)CC(c3cc(O)c(O)c(OC4CCC5(CCC6(CCCC6)C5)C4)c3)O2)ccc1O. The van der Waals surface area contributed by atoms with Gasteiger partial charge in [-0.1, -0.05) is 18.9 Å². The molecule has 2 aromatic rings. The molecule has 6 rings (SSSR count). The molecule has 0 amide bonds. The van der Waals surface area contributed by atoms with Crippen molar-refractivity contribution in [1.82, 2.24) is 0 Å². The standard InChI is InChI=1S/C35H46O8/c1-22(36)41-27-18-25(7-5-23-6-8-28(37)31(15-23)40-2)42-30(19-27)24-16-29(38)33(39)32(17-24)43-26-9-12-35(20-26)14-13-34(21-35)10-3-4-11-34/h6,8,15-17,25-27,30,37-39H,3-5,7,9-14,18-21H2,1-2H3. The molecule has 8 heteroatoms. The normalized spacial score (nSPS) is 29.7. The van der Waals surface area contributed by atoms with Crippen LogP contribution in [0.25, 0.3) is 0 Å². The van der Waals surface area contributed by atoms with Crippen LogP contribution in [0.15, 0.2) is 30.3 Å². The molecule has 4 aliphatic rings. The van der Waals surface area contributed by atoms with E-state index in [1.54, 1.807) is 12.1 Å². The Kier molecular flexibility index (Phi) is 8.42. The number of hydrogen-bond acceptors (Lipinski definition) is 8. The van der Waals surface area contributed by atoms with Gasteiger partial charge in [0, 0.05) is 19.8 Å². The number of esters is 1. The minimum absolute atomic E-state index is 0.00761. The highest BCUT2D eigenvalue weighted by Crippen LogP contribution is 2.63. The Balaban J connectivity index is 1.15. The summed E-state index contributed by atoms with van der Waals surface area (Å²) in [5.74, 6) is -0.0215. The van der Waals surface area contributed by atoms with Gasteiger partial charge in [0.1, 0.15) is 6.10 Å². The molecule has 3 aliphatic carbocycles. The first-order valence-corrected chi connectivity index (χ1v) is 16.1. The molecule has 0 aromatic heterocycles. The molecule has 5 unspecified atom stereocenters. The maximum Gasteiger partial charge on any atom is 0.302 e. The maximum absolute atomic E-state index is 11.9. The number of carbonyl (C=O) groups is 1. The molecule has 234 valence electrons. The molecule has 2 aromatic carbocycles. The molecule has 1 heterocycles. The number of hydrogen-bond donors (Lipinski definition) is 3. The van der Waals surface area contributed by atoms with Gasteiger partial charge in [0.2, 0.25) is 5.75 Å². The zero-order chi connectivity index (χ0) is 30.2. The zero-order valence-corrected chi connectivity index (χ0v) is 25.5. The van der Waals surface area contributed by atoms with Crippen LogP contribution in [0.5, 0.6) is 28.7 Å². The van der Waals surface area contributed by atoms with Crippen molar-refractivity contribution >= 4 is 5.97 Å². The Morgan fingerprint density at radius 2 is 1.72 bits per heavy atom. The Morgan fingerprint density at radius 3 is 2.49 bits per heavy atom. The molecule has 4 fully saturated rings. The van der Waals surface area contributed by atoms with Crippen molar-refractivity contribution in [2.45, 2.75) is 121 Å². The van der Waals surface area contributed by atoms with Gasteiger partial charge < -0.3 is 34.3 Å². The average molecular weight is 595 g/mol. The average Bonchev–Trinajstić information content (AvgIpc) is 3.70. The highest BCUT2D eigenvalue weighted by Gasteiger charge is 2.52. The predicted molar refractivity (Wildman–Crippen MR) is 161 cm³/mol. The van der Waals surface area contributed by atoms with Crippen molar-refractivity contribution in [3.05, 3.63) is 41.5 Å². The molecule has 0 bridgehead atoms. The van der Waals surface area contributed by atoms with E-state index in [-0.39, 0.29) is 47.3 Å². The lowest BCUT2D eigenvalue weighted by atomic mass is 9.77. The summed E-state index contributed by atoms with van der Waals surface area (Å²) in [6.07, 6.45) is 13.9. The van der Waals surface area contributed by atoms with E-state index >= 15 is 0 Å². The van der Waals surface area contributed by atoms with E-state index in [0.29, 0.717) is 47.8 Å². The van der Waals surface area contributed by atoms with E-state index in [4.69, 9.17) is 18.9 Å². The number of carbonyl (C=O) groups excluding carboxylic acids is 1. The lowest BCUT2D eigenvalue weighted by Gasteiger charge is -2.35. The number of phenolic OH excluding ortho intramolecular Hbond substituents is 3. The second kappa shape index (κ2) is 12.1. The topological polar surface area (TPSA) is 115 Å². The molecule has 3 saturated carbocycles. The van der Waals surface area contributed by atoms with Crippen LogP contribution in [-0.4, -0.2) is 46.7 Å². The molecule has 43 heavy (non-hydrogen) atoms. The lowest BCUT2D eigenvalue weighted by Crippen LogP contribution is -2.34. The quantitative estimate of drug-likeness (QED) is 0.216. The van der Waals surface area contributed by atoms with Crippen molar-refractivity contribution in [2.75, 3.05) is 7.11 Å². The monoisotopic (exact) mass is 594 g/mol. The Hall–Kier alpha value is -3.13. The predicted octanol–water partition coefficient (Wildman–Crippen LogP) is 7.26. The summed E-state index contributed by atoms with van der Waals surface area (Å²) >= 11 is 0. The van der Waals surface area contributed by atoms with Crippen LogP contribution < -0.4 is 9.47 Å². The fourth-order valence-electron chi connectivity index (χ4n) is 8.67. The first-order chi connectivity index (χ1) is 20.6. The van der Waals surface area contributed by atoms with Crippen molar-refractivity contribution in [2.24, 2.45) is 10.8 Å². The number of phenols is 3. The molecule has 3 N–H and O–H groups in total.